The second kappa shape index (κ2) is 8.99. The SMILES string of the molecule is N#CCCSc1ccccc1NC(=O)CC(O)c1ccccc1. The summed E-state index contributed by atoms with van der Waals surface area (Å²) in [6.45, 7) is 0. The Balaban J connectivity index is 1.96. The number of nitrogens with one attached hydrogen (secondary N) is 1. The minimum Gasteiger partial charge on any atom is -0.388 e. The fourth-order valence-electron chi connectivity index (χ4n) is 2.07. The first-order chi connectivity index (χ1) is 11.2. The molecule has 1 atom stereocenters. The number of hydrogen-bond acceptors (Lipinski definition) is 4. The molecule has 2 N–H and O–H groups in total. The molecular weight excluding hydrogens is 308 g/mol. The number of para-hydroxylation sites is 1. The Morgan fingerprint density at radius 1 is 1.17 bits per heavy atom. The number of anilines is 1. The van der Waals surface area contributed by atoms with Crippen molar-refractivity contribution in [1.29, 1.82) is 5.26 Å². The van der Waals surface area contributed by atoms with Crippen LogP contribution in [0.15, 0.2) is 59.5 Å². The van der Waals surface area contributed by atoms with E-state index in [0.29, 0.717) is 17.9 Å². The maximum Gasteiger partial charge on any atom is 0.227 e. The van der Waals surface area contributed by atoms with Gasteiger partial charge in [-0.3, -0.25) is 4.79 Å². The number of aliphatic hydroxyl groups is 1. The molecule has 0 aliphatic rings. The van der Waals surface area contributed by atoms with Gasteiger partial charge in [-0.15, -0.1) is 11.8 Å². The molecule has 23 heavy (non-hydrogen) atoms. The lowest BCUT2D eigenvalue weighted by atomic mass is 10.1. The molecule has 0 aliphatic carbocycles. The van der Waals surface area contributed by atoms with Gasteiger partial charge in [0.05, 0.1) is 24.3 Å². The smallest absolute Gasteiger partial charge is 0.227 e. The van der Waals surface area contributed by atoms with Crippen molar-refractivity contribution in [3.05, 3.63) is 60.2 Å². The van der Waals surface area contributed by atoms with Crippen molar-refractivity contribution >= 4 is 23.4 Å². The van der Waals surface area contributed by atoms with E-state index in [-0.39, 0.29) is 12.3 Å². The van der Waals surface area contributed by atoms with Crippen LogP contribution in [-0.2, 0) is 4.79 Å². The standard InChI is InChI=1S/C18H18N2O2S/c19-11-6-12-23-17-10-5-4-9-15(17)20-18(22)13-16(21)14-7-2-1-3-8-14/h1-5,7-10,16,21H,6,12-13H2,(H,20,22). The average Bonchev–Trinajstić information content (AvgIpc) is 2.57. The average molecular weight is 326 g/mol. The van der Waals surface area contributed by atoms with Crippen molar-refractivity contribution in [2.45, 2.75) is 23.8 Å². The van der Waals surface area contributed by atoms with Crippen molar-refractivity contribution < 1.29 is 9.90 Å². The summed E-state index contributed by atoms with van der Waals surface area (Å²) >= 11 is 1.53. The third-order valence-electron chi connectivity index (χ3n) is 3.20. The first-order valence-corrected chi connectivity index (χ1v) is 8.31. The Labute approximate surface area is 140 Å². The largest absolute Gasteiger partial charge is 0.388 e. The number of amides is 1. The van der Waals surface area contributed by atoms with Crippen molar-refractivity contribution in [3.63, 3.8) is 0 Å². The number of carbonyl (C=O) groups is 1. The highest BCUT2D eigenvalue weighted by Gasteiger charge is 2.14. The lowest BCUT2D eigenvalue weighted by Gasteiger charge is -2.13. The van der Waals surface area contributed by atoms with Gasteiger partial charge in [0.15, 0.2) is 0 Å². The van der Waals surface area contributed by atoms with Gasteiger partial charge < -0.3 is 10.4 Å². The fourth-order valence-corrected chi connectivity index (χ4v) is 2.93. The van der Waals surface area contributed by atoms with Gasteiger partial charge >= 0.3 is 0 Å². The van der Waals surface area contributed by atoms with Gasteiger partial charge in [0.25, 0.3) is 0 Å². The Morgan fingerprint density at radius 3 is 2.61 bits per heavy atom. The zero-order chi connectivity index (χ0) is 16.5. The van der Waals surface area contributed by atoms with Crippen LogP contribution in [0.2, 0.25) is 0 Å². The number of aliphatic hydroxyl groups excluding tert-OH is 1. The number of nitriles is 1. The van der Waals surface area contributed by atoms with E-state index in [2.05, 4.69) is 11.4 Å². The molecule has 0 heterocycles. The van der Waals surface area contributed by atoms with Gasteiger partial charge in [0, 0.05) is 17.1 Å². The molecule has 1 amide bonds. The van der Waals surface area contributed by atoms with Crippen molar-refractivity contribution in [3.8, 4) is 6.07 Å². The van der Waals surface area contributed by atoms with E-state index in [4.69, 9.17) is 5.26 Å². The number of nitrogens with zero attached hydrogens (tertiary/aromatic N) is 1. The second-order valence-corrected chi connectivity index (χ2v) is 6.07. The summed E-state index contributed by atoms with van der Waals surface area (Å²) in [5.74, 6) is 0.436. The van der Waals surface area contributed by atoms with E-state index in [1.165, 1.54) is 11.8 Å². The molecule has 2 aromatic rings. The van der Waals surface area contributed by atoms with Gasteiger partial charge in [0.1, 0.15) is 0 Å². The van der Waals surface area contributed by atoms with Gasteiger partial charge in [-0.05, 0) is 17.7 Å². The van der Waals surface area contributed by atoms with Crippen LogP contribution in [0.1, 0.15) is 24.5 Å². The monoisotopic (exact) mass is 326 g/mol. The molecule has 0 saturated carbocycles. The highest BCUT2D eigenvalue weighted by Crippen LogP contribution is 2.28. The van der Waals surface area contributed by atoms with Crippen molar-refractivity contribution in [2.24, 2.45) is 0 Å². The summed E-state index contributed by atoms with van der Waals surface area (Å²) in [5.41, 5.74) is 1.43. The van der Waals surface area contributed by atoms with Gasteiger partial charge in [-0.25, -0.2) is 0 Å². The van der Waals surface area contributed by atoms with Crippen LogP contribution >= 0.6 is 11.8 Å². The molecule has 0 fully saturated rings. The Kier molecular flexibility index (Phi) is 6.67. The molecule has 0 spiro atoms. The van der Waals surface area contributed by atoms with Crippen LogP contribution in [0.25, 0.3) is 0 Å². The quantitative estimate of drug-likeness (QED) is 0.600. The summed E-state index contributed by atoms with van der Waals surface area (Å²) in [5, 5.41) is 21.6. The van der Waals surface area contributed by atoms with Crippen LogP contribution in [0, 0.1) is 11.3 Å². The predicted octanol–water partition coefficient (Wildman–Crippen LogP) is 3.75. The number of hydrogen-bond donors (Lipinski definition) is 2. The van der Waals surface area contributed by atoms with Gasteiger partial charge in [-0.1, -0.05) is 42.5 Å². The van der Waals surface area contributed by atoms with Crippen LogP contribution in [0.3, 0.4) is 0 Å². The Bertz CT molecular complexity index is 683. The molecule has 4 nitrogen and oxygen atoms in total. The van der Waals surface area contributed by atoms with Crippen molar-refractivity contribution in [1.82, 2.24) is 0 Å². The molecule has 2 rings (SSSR count). The number of rotatable bonds is 7. The summed E-state index contributed by atoms with van der Waals surface area (Å²) in [4.78, 5) is 13.1. The molecular formula is C18H18N2O2S. The Hall–Kier alpha value is -2.29. The predicted molar refractivity (Wildman–Crippen MR) is 92.0 cm³/mol. The number of thioether (sulfide) groups is 1. The Morgan fingerprint density at radius 2 is 1.87 bits per heavy atom. The minimum atomic E-state index is -0.824. The first-order valence-electron chi connectivity index (χ1n) is 7.32. The maximum absolute atomic E-state index is 12.1. The minimum absolute atomic E-state index is 0.00120. The lowest BCUT2D eigenvalue weighted by Crippen LogP contribution is -2.16. The first kappa shape index (κ1) is 17.1. The molecule has 0 aromatic heterocycles. The summed E-state index contributed by atoms with van der Waals surface area (Å²) in [6, 6.07) is 18.7. The summed E-state index contributed by atoms with van der Waals surface area (Å²) in [7, 11) is 0. The van der Waals surface area contributed by atoms with E-state index in [0.717, 1.165) is 10.5 Å². The molecule has 0 bridgehead atoms. The molecule has 0 saturated heterocycles. The maximum atomic E-state index is 12.1. The summed E-state index contributed by atoms with van der Waals surface area (Å²) in [6.07, 6.45) is -0.365. The van der Waals surface area contributed by atoms with E-state index >= 15 is 0 Å². The van der Waals surface area contributed by atoms with Crippen LogP contribution in [0.5, 0.6) is 0 Å². The molecule has 1 unspecified atom stereocenters. The lowest BCUT2D eigenvalue weighted by molar-refractivity contribution is -0.118. The highest BCUT2D eigenvalue weighted by atomic mass is 32.2. The topological polar surface area (TPSA) is 73.1 Å². The number of benzene rings is 2. The van der Waals surface area contributed by atoms with E-state index in [9.17, 15) is 9.90 Å². The normalized spacial score (nSPS) is 11.5. The molecule has 0 radical (unpaired) electrons. The van der Waals surface area contributed by atoms with E-state index < -0.39 is 6.10 Å². The van der Waals surface area contributed by atoms with Gasteiger partial charge in [-0.2, -0.15) is 5.26 Å². The molecule has 0 aliphatic heterocycles. The van der Waals surface area contributed by atoms with E-state index in [1.54, 1.807) is 12.1 Å². The van der Waals surface area contributed by atoms with Gasteiger partial charge in [0.2, 0.25) is 5.91 Å². The van der Waals surface area contributed by atoms with E-state index in [1.807, 2.05) is 42.5 Å². The summed E-state index contributed by atoms with van der Waals surface area (Å²) < 4.78 is 0. The fraction of sp³-hybridized carbons (Fsp3) is 0.222. The third-order valence-corrected chi connectivity index (χ3v) is 4.27. The highest BCUT2D eigenvalue weighted by molar-refractivity contribution is 7.99. The molecule has 118 valence electrons. The second-order valence-electron chi connectivity index (χ2n) is 4.93. The molecule has 2 aromatic carbocycles. The van der Waals surface area contributed by atoms with Crippen LogP contribution < -0.4 is 5.32 Å². The zero-order valence-electron chi connectivity index (χ0n) is 12.6. The zero-order valence-corrected chi connectivity index (χ0v) is 13.4. The number of carbonyl (C=O) groups excluding carboxylic acids is 1. The van der Waals surface area contributed by atoms with Crippen LogP contribution in [0.4, 0.5) is 5.69 Å². The van der Waals surface area contributed by atoms with Crippen molar-refractivity contribution in [2.75, 3.05) is 11.1 Å². The molecule has 5 heteroatoms. The van der Waals surface area contributed by atoms with Crippen LogP contribution in [-0.4, -0.2) is 16.8 Å². The third kappa shape index (κ3) is 5.44.